The second-order valence-corrected chi connectivity index (χ2v) is 4.38. The molecule has 1 heterocycles. The normalized spacial score (nSPS) is 10.6. The van der Waals surface area contributed by atoms with E-state index in [2.05, 4.69) is 32.0 Å². The minimum atomic E-state index is 0.644. The molecule has 19 heavy (non-hydrogen) atoms. The van der Waals surface area contributed by atoms with Crippen molar-refractivity contribution in [1.29, 1.82) is 0 Å². The Morgan fingerprint density at radius 1 is 1.32 bits per heavy atom. The first-order valence-corrected chi connectivity index (χ1v) is 6.31. The predicted octanol–water partition coefficient (Wildman–Crippen LogP) is 1.18. The van der Waals surface area contributed by atoms with E-state index in [-0.39, 0.29) is 0 Å². The Kier molecular flexibility index (Phi) is 4.85. The van der Waals surface area contributed by atoms with Gasteiger partial charge >= 0.3 is 0 Å². The third-order valence-corrected chi connectivity index (χ3v) is 2.74. The van der Waals surface area contributed by atoms with E-state index in [0.29, 0.717) is 13.2 Å². The number of aromatic amines is 1. The number of aryl methyl sites for hydroxylation is 2. The number of nitrogens with one attached hydrogen (secondary N) is 2. The summed E-state index contributed by atoms with van der Waals surface area (Å²) in [6.45, 7) is 6.26. The Balaban J connectivity index is 1.64. The van der Waals surface area contributed by atoms with E-state index in [1.165, 1.54) is 0 Å². The molecule has 0 bridgehead atoms. The number of tetrazole rings is 1. The number of aromatic nitrogens is 4. The maximum absolute atomic E-state index is 5.80. The van der Waals surface area contributed by atoms with Crippen LogP contribution in [0.15, 0.2) is 12.1 Å². The van der Waals surface area contributed by atoms with Gasteiger partial charge in [0.25, 0.3) is 0 Å². The van der Waals surface area contributed by atoms with Gasteiger partial charge in [0.1, 0.15) is 5.75 Å². The van der Waals surface area contributed by atoms with Crippen LogP contribution in [0.1, 0.15) is 23.4 Å². The summed E-state index contributed by atoms with van der Waals surface area (Å²) in [6, 6.07) is 6.96. The van der Waals surface area contributed by atoms with Crippen LogP contribution in [-0.4, -0.2) is 33.8 Å². The molecule has 0 aliphatic heterocycles. The molecular weight excluding hydrogens is 242 g/mol. The zero-order valence-corrected chi connectivity index (χ0v) is 11.2. The molecule has 0 atom stereocenters. The number of hydrogen-bond acceptors (Lipinski definition) is 5. The minimum absolute atomic E-state index is 0.644. The fourth-order valence-corrected chi connectivity index (χ4v) is 1.79. The van der Waals surface area contributed by atoms with E-state index in [9.17, 15) is 0 Å². The van der Waals surface area contributed by atoms with Crippen molar-refractivity contribution in [2.45, 2.75) is 26.8 Å². The summed E-state index contributed by atoms with van der Waals surface area (Å²) < 4.78 is 5.80. The number of ether oxygens (including phenoxy) is 1. The molecular formula is C13H18N5O. The standard InChI is InChI=1S/C13H18N5O/c1-10-5-3-6-11(2)13(10)19-8-4-7-14-9-12-15-17-18-16-12/h5-6,14H,4,7-9H2,1-2H3,(H,15,16,17,18). The van der Waals surface area contributed by atoms with E-state index in [0.717, 1.165) is 35.7 Å². The summed E-state index contributed by atoms with van der Waals surface area (Å²) in [5.74, 6) is 1.71. The lowest BCUT2D eigenvalue weighted by Gasteiger charge is -2.11. The molecule has 0 aliphatic rings. The zero-order chi connectivity index (χ0) is 13.5. The second kappa shape index (κ2) is 6.84. The molecule has 0 saturated heterocycles. The van der Waals surface area contributed by atoms with Gasteiger partial charge in [0.05, 0.1) is 13.2 Å². The summed E-state index contributed by atoms with van der Waals surface area (Å²) >= 11 is 0. The van der Waals surface area contributed by atoms with Crippen LogP contribution in [0.2, 0.25) is 0 Å². The number of hydrogen-bond donors (Lipinski definition) is 2. The van der Waals surface area contributed by atoms with Gasteiger partial charge in [-0.25, -0.2) is 5.10 Å². The number of rotatable bonds is 7. The Labute approximate surface area is 112 Å². The van der Waals surface area contributed by atoms with E-state index in [4.69, 9.17) is 4.74 Å². The maximum atomic E-state index is 5.80. The van der Waals surface area contributed by atoms with Crippen LogP contribution in [0.3, 0.4) is 0 Å². The molecule has 1 aromatic carbocycles. The highest BCUT2D eigenvalue weighted by Gasteiger charge is 2.02. The van der Waals surface area contributed by atoms with Crippen LogP contribution in [0.4, 0.5) is 0 Å². The zero-order valence-electron chi connectivity index (χ0n) is 11.2. The molecule has 0 fully saturated rings. The molecule has 0 saturated carbocycles. The van der Waals surface area contributed by atoms with E-state index in [1.807, 2.05) is 26.0 Å². The van der Waals surface area contributed by atoms with Gasteiger partial charge in [-0.2, -0.15) is 0 Å². The van der Waals surface area contributed by atoms with Crippen LogP contribution in [0, 0.1) is 19.9 Å². The Morgan fingerprint density at radius 3 is 2.79 bits per heavy atom. The van der Waals surface area contributed by atoms with Crippen molar-refractivity contribution in [3.05, 3.63) is 35.2 Å². The summed E-state index contributed by atoms with van der Waals surface area (Å²) in [5.41, 5.74) is 2.25. The van der Waals surface area contributed by atoms with Gasteiger partial charge in [-0.1, -0.05) is 0 Å². The average Bonchev–Trinajstić information content (AvgIpc) is 2.89. The molecule has 0 amide bonds. The van der Waals surface area contributed by atoms with Crippen molar-refractivity contribution in [1.82, 2.24) is 25.9 Å². The third kappa shape index (κ3) is 4.03. The minimum Gasteiger partial charge on any atom is -0.493 e. The molecule has 6 nitrogen and oxygen atoms in total. The lowest BCUT2D eigenvalue weighted by Crippen LogP contribution is -2.18. The molecule has 0 aliphatic carbocycles. The average molecular weight is 260 g/mol. The van der Waals surface area contributed by atoms with Crippen LogP contribution >= 0.6 is 0 Å². The predicted molar refractivity (Wildman–Crippen MR) is 70.7 cm³/mol. The molecule has 0 unspecified atom stereocenters. The monoisotopic (exact) mass is 260 g/mol. The van der Waals surface area contributed by atoms with E-state index >= 15 is 0 Å². The van der Waals surface area contributed by atoms with Gasteiger partial charge in [-0.15, -0.1) is 5.10 Å². The molecule has 0 spiro atoms. The summed E-state index contributed by atoms with van der Waals surface area (Å²) in [7, 11) is 0. The van der Waals surface area contributed by atoms with Crippen molar-refractivity contribution in [2.75, 3.05) is 13.2 Å². The number of nitrogens with zero attached hydrogens (tertiary/aromatic N) is 3. The first-order valence-electron chi connectivity index (χ1n) is 6.31. The van der Waals surface area contributed by atoms with Crippen LogP contribution in [-0.2, 0) is 6.54 Å². The SMILES string of the molecule is Cc1c[c]cc(C)c1OCCCNCc1nnn[nH]1. The van der Waals surface area contributed by atoms with Crippen molar-refractivity contribution < 1.29 is 4.74 Å². The second-order valence-electron chi connectivity index (χ2n) is 4.38. The molecule has 2 rings (SSSR count). The summed E-state index contributed by atoms with van der Waals surface area (Å²) in [5, 5.41) is 16.7. The van der Waals surface area contributed by atoms with E-state index < -0.39 is 0 Å². The Bertz CT molecular complexity index is 477. The van der Waals surface area contributed by atoms with Crippen molar-refractivity contribution in [3.63, 3.8) is 0 Å². The first kappa shape index (κ1) is 13.5. The van der Waals surface area contributed by atoms with Gasteiger partial charge in [-0.3, -0.25) is 0 Å². The Morgan fingerprint density at radius 2 is 2.11 bits per heavy atom. The van der Waals surface area contributed by atoms with Crippen molar-refractivity contribution in [3.8, 4) is 5.75 Å². The lowest BCUT2D eigenvalue weighted by molar-refractivity contribution is 0.304. The van der Waals surface area contributed by atoms with Crippen LogP contribution < -0.4 is 10.1 Å². The fraction of sp³-hybridized carbons (Fsp3) is 0.462. The van der Waals surface area contributed by atoms with Gasteiger partial charge < -0.3 is 10.1 Å². The Hall–Kier alpha value is -1.95. The molecule has 2 aromatic rings. The van der Waals surface area contributed by atoms with Gasteiger partial charge in [-0.05, 0) is 66.6 Å². The molecule has 101 valence electrons. The topological polar surface area (TPSA) is 75.7 Å². The molecule has 2 N–H and O–H groups in total. The van der Waals surface area contributed by atoms with Gasteiger partial charge in [0, 0.05) is 0 Å². The molecule has 1 radical (unpaired) electrons. The number of H-pyrrole nitrogens is 1. The van der Waals surface area contributed by atoms with Crippen molar-refractivity contribution >= 4 is 0 Å². The van der Waals surface area contributed by atoms with Crippen molar-refractivity contribution in [2.24, 2.45) is 0 Å². The third-order valence-electron chi connectivity index (χ3n) is 2.74. The quantitative estimate of drug-likeness (QED) is 0.731. The maximum Gasteiger partial charge on any atom is 0.162 e. The smallest absolute Gasteiger partial charge is 0.162 e. The first-order chi connectivity index (χ1) is 9.27. The highest BCUT2D eigenvalue weighted by molar-refractivity contribution is 5.39. The molecule has 1 aromatic heterocycles. The summed E-state index contributed by atoms with van der Waals surface area (Å²) in [4.78, 5) is 0. The fourth-order valence-electron chi connectivity index (χ4n) is 1.79. The van der Waals surface area contributed by atoms with Crippen LogP contribution in [0.25, 0.3) is 0 Å². The molecule has 6 heteroatoms. The lowest BCUT2D eigenvalue weighted by atomic mass is 10.1. The van der Waals surface area contributed by atoms with Gasteiger partial charge in [0.15, 0.2) is 5.82 Å². The number of benzene rings is 1. The highest BCUT2D eigenvalue weighted by atomic mass is 16.5. The van der Waals surface area contributed by atoms with E-state index in [1.54, 1.807) is 0 Å². The van der Waals surface area contributed by atoms with Crippen LogP contribution in [0.5, 0.6) is 5.75 Å². The largest absolute Gasteiger partial charge is 0.493 e. The van der Waals surface area contributed by atoms with Gasteiger partial charge in [0.2, 0.25) is 0 Å². The summed E-state index contributed by atoms with van der Waals surface area (Å²) in [6.07, 6.45) is 0.930. The highest BCUT2D eigenvalue weighted by Crippen LogP contribution is 2.21.